The van der Waals surface area contributed by atoms with Gasteiger partial charge in [0.1, 0.15) is 42.7 Å². The van der Waals surface area contributed by atoms with Crippen molar-refractivity contribution in [2.45, 2.75) is 101 Å². The molecule has 11 nitrogen and oxygen atoms in total. The van der Waals surface area contributed by atoms with Gasteiger partial charge in [-0.3, -0.25) is 0 Å². The molecule has 0 spiro atoms. The summed E-state index contributed by atoms with van der Waals surface area (Å²) in [4.78, 5) is 0. The minimum atomic E-state index is -1.23. The predicted octanol–water partition coefficient (Wildman–Crippen LogP) is 7.40. The Kier molecular flexibility index (Phi) is 18.1. The highest BCUT2D eigenvalue weighted by Crippen LogP contribution is 2.35. The normalized spacial score (nSPS) is 26.3. The van der Waals surface area contributed by atoms with Crippen LogP contribution in [0.1, 0.15) is 27.8 Å². The lowest BCUT2D eigenvalue weighted by atomic mass is 9.94. The van der Waals surface area contributed by atoms with Crippen molar-refractivity contribution in [2.24, 2.45) is 0 Å². The van der Waals surface area contributed by atoms with E-state index in [0.29, 0.717) is 13.2 Å². The van der Waals surface area contributed by atoms with Gasteiger partial charge in [-0.2, -0.15) is 0 Å². The van der Waals surface area contributed by atoms with Gasteiger partial charge in [-0.05, 0) is 27.8 Å². The van der Waals surface area contributed by atoms with Crippen molar-refractivity contribution in [3.05, 3.63) is 179 Å². The van der Waals surface area contributed by atoms with Crippen LogP contribution in [0.3, 0.4) is 0 Å². The highest BCUT2D eigenvalue weighted by molar-refractivity contribution is 7.60. The lowest BCUT2D eigenvalue weighted by Crippen LogP contribution is -2.66. The number of benzene rings is 5. The summed E-state index contributed by atoms with van der Waals surface area (Å²) in [5.41, 5.74) is 4.93. The van der Waals surface area contributed by atoms with Crippen LogP contribution >= 0.6 is 9.12 Å². The average Bonchev–Trinajstić information content (AvgIpc) is 3.31. The lowest BCUT2D eigenvalue weighted by Gasteiger charge is -2.49. The van der Waals surface area contributed by atoms with Crippen molar-refractivity contribution in [3.63, 3.8) is 0 Å². The molecule has 62 heavy (non-hydrogen) atoms. The molecular formula is C49H58BO11P. The summed E-state index contributed by atoms with van der Waals surface area (Å²) in [5, 5.41) is 12.3. The molecule has 13 heteroatoms. The maximum absolute atomic E-state index is 12.3. The minimum Gasteiger partial charge on any atom is -0.424 e. The molecule has 0 saturated carbocycles. The highest BCUT2D eigenvalue weighted by Gasteiger charge is 2.54. The average molecular weight is 865 g/mol. The molecule has 2 aliphatic heterocycles. The van der Waals surface area contributed by atoms with Crippen LogP contribution in [0.5, 0.6) is 0 Å². The first-order valence-electron chi connectivity index (χ1n) is 21.2. The Bertz CT molecular complexity index is 1970. The molecule has 2 fully saturated rings. The summed E-state index contributed by atoms with van der Waals surface area (Å²) >= 11 is 0. The van der Waals surface area contributed by atoms with E-state index in [4.69, 9.17) is 47.3 Å². The van der Waals surface area contributed by atoms with Crippen LogP contribution < -0.4 is 0 Å². The summed E-state index contributed by atoms with van der Waals surface area (Å²) in [7, 11) is 4.14. The van der Waals surface area contributed by atoms with Gasteiger partial charge in [-0.15, -0.1) is 9.12 Å². The molecule has 1 N–H and O–H groups in total. The van der Waals surface area contributed by atoms with E-state index in [1.807, 2.05) is 158 Å². The first-order chi connectivity index (χ1) is 30.4. The Morgan fingerprint density at radius 2 is 0.855 bits per heavy atom. The first-order valence-corrected chi connectivity index (χ1v) is 21.9. The van der Waals surface area contributed by atoms with Crippen LogP contribution in [0.2, 0.25) is 6.82 Å². The number of ether oxygens (including phenoxy) is 9. The van der Waals surface area contributed by atoms with Crippen LogP contribution in [0, 0.1) is 0 Å². The highest BCUT2D eigenvalue weighted by atomic mass is 31.0. The van der Waals surface area contributed by atoms with Gasteiger partial charge in [-0.1, -0.05) is 158 Å². The Morgan fingerprint density at radius 3 is 1.27 bits per heavy atom. The molecule has 0 radical (unpaired) electrons. The Hall–Kier alpha value is -3.85. The monoisotopic (exact) mass is 864 g/mol. The molecule has 0 bridgehead atoms. The maximum atomic E-state index is 12.3. The van der Waals surface area contributed by atoms with E-state index in [1.54, 1.807) is 0 Å². The molecule has 5 unspecified atom stereocenters. The summed E-state index contributed by atoms with van der Waals surface area (Å²) in [6, 6.07) is 49.6. The Morgan fingerprint density at radius 1 is 0.484 bits per heavy atom. The second-order valence-corrected chi connectivity index (χ2v) is 16.4. The van der Waals surface area contributed by atoms with E-state index in [2.05, 4.69) is 9.12 Å². The van der Waals surface area contributed by atoms with Crippen molar-refractivity contribution < 1.29 is 52.4 Å². The van der Waals surface area contributed by atoms with Crippen molar-refractivity contribution in [1.29, 1.82) is 0 Å². The fourth-order valence-electron chi connectivity index (χ4n) is 7.66. The van der Waals surface area contributed by atoms with Gasteiger partial charge in [0.2, 0.25) is 0 Å². The lowest BCUT2D eigenvalue weighted by molar-refractivity contribution is -0.374. The van der Waals surface area contributed by atoms with Gasteiger partial charge < -0.3 is 52.4 Å². The largest absolute Gasteiger partial charge is 0.424 e. The van der Waals surface area contributed by atoms with Gasteiger partial charge in [0, 0.05) is 7.11 Å². The maximum Gasteiger partial charge on any atom is 0.312 e. The van der Waals surface area contributed by atoms with Gasteiger partial charge >= 0.3 is 6.64 Å². The molecule has 7 rings (SSSR count). The van der Waals surface area contributed by atoms with E-state index in [9.17, 15) is 5.11 Å². The van der Waals surface area contributed by atoms with E-state index in [-0.39, 0.29) is 39.7 Å². The molecule has 0 amide bonds. The van der Waals surface area contributed by atoms with Crippen molar-refractivity contribution in [1.82, 2.24) is 0 Å². The second-order valence-electron chi connectivity index (χ2n) is 15.5. The molecule has 0 aliphatic carbocycles. The number of aliphatic hydroxyl groups is 1. The number of hydrogen-bond acceptors (Lipinski definition) is 11. The molecule has 2 saturated heterocycles. The Balaban J connectivity index is 1.20. The Labute approximate surface area is 368 Å². The van der Waals surface area contributed by atoms with Gasteiger partial charge in [0.25, 0.3) is 0 Å². The zero-order chi connectivity index (χ0) is 42.9. The van der Waals surface area contributed by atoms with Crippen molar-refractivity contribution in [3.8, 4) is 0 Å². The van der Waals surface area contributed by atoms with Gasteiger partial charge in [0.15, 0.2) is 12.6 Å². The molecular weight excluding hydrogens is 806 g/mol. The van der Waals surface area contributed by atoms with E-state index in [0.717, 1.165) is 27.8 Å². The topological polar surface area (TPSA) is 113 Å². The standard InChI is InChI=1S/C49H58BO11P/c1-50(62)61-43-40(33-53-28-35-18-8-3-9-19-35)58-48(52-2)45(42(43)51)60-49-47(57-32-39-26-16-7-17-27-39)46(56-31-38-24-14-6-15-25-38)44(55-30-37-22-12-5-13-23-37)41(59-49)34-54-29-36-20-10-4-11-21-36/h3-27,40-49,51H,28-34,62H2,1-2H3/t40?,41?,42-,43-,44-,45?,46-,47?,48+,49-/m0/s1. The summed E-state index contributed by atoms with van der Waals surface area (Å²) in [6.45, 7) is 3.30. The van der Waals surface area contributed by atoms with E-state index < -0.39 is 61.4 Å². The van der Waals surface area contributed by atoms with Gasteiger partial charge in [0.05, 0.1) is 52.4 Å². The van der Waals surface area contributed by atoms with E-state index >= 15 is 0 Å². The number of aliphatic hydroxyl groups excluding tert-OH is 1. The number of methoxy groups -OCH3 is 1. The third-order valence-corrected chi connectivity index (χ3v) is 10.9. The predicted molar refractivity (Wildman–Crippen MR) is 239 cm³/mol. The molecule has 5 aromatic rings. The molecule has 0 aromatic heterocycles. The second kappa shape index (κ2) is 24.3. The van der Waals surface area contributed by atoms with Crippen LogP contribution in [-0.2, 0) is 80.3 Å². The van der Waals surface area contributed by atoms with Crippen LogP contribution in [0.25, 0.3) is 0 Å². The molecule has 328 valence electrons. The molecule has 5 aromatic carbocycles. The van der Waals surface area contributed by atoms with Crippen LogP contribution in [0.15, 0.2) is 152 Å². The molecule has 2 heterocycles. The zero-order valence-electron chi connectivity index (χ0n) is 35.3. The zero-order valence-corrected chi connectivity index (χ0v) is 36.5. The van der Waals surface area contributed by atoms with E-state index in [1.165, 1.54) is 7.11 Å². The number of rotatable bonds is 22. The SMILES string of the molecule is CO[C@@H]1OC(COCc2ccccc2)[C@H](OB(C)P)[C@H](O)C1O[C@@H]1OC(COCc2ccccc2)[C@H](OCc2ccccc2)[C@H](OCc2ccccc2)C1OCc1ccccc1. The molecule has 11 atom stereocenters. The van der Waals surface area contributed by atoms with Crippen molar-refractivity contribution in [2.75, 3.05) is 20.3 Å². The third-order valence-electron chi connectivity index (χ3n) is 10.7. The summed E-state index contributed by atoms with van der Waals surface area (Å²) in [6.07, 6.45) is -9.01. The minimum absolute atomic E-state index is 0.138. The van der Waals surface area contributed by atoms with Gasteiger partial charge in [-0.25, -0.2) is 0 Å². The van der Waals surface area contributed by atoms with Crippen LogP contribution in [0.4, 0.5) is 0 Å². The summed E-state index contributed by atoms with van der Waals surface area (Å²) in [5.74, 6) is 0. The fourth-order valence-corrected chi connectivity index (χ4v) is 7.84. The van der Waals surface area contributed by atoms with Crippen molar-refractivity contribution >= 4 is 15.8 Å². The third kappa shape index (κ3) is 13.3. The summed E-state index contributed by atoms with van der Waals surface area (Å²) < 4.78 is 65.6. The molecule has 2 aliphatic rings. The van der Waals surface area contributed by atoms with Crippen LogP contribution in [-0.4, -0.2) is 93.5 Å². The first kappa shape index (κ1) is 46.2. The smallest absolute Gasteiger partial charge is 0.312 e. The fraction of sp³-hybridized carbons (Fsp3) is 0.388. The number of hydrogen-bond donors (Lipinski definition) is 1. The quantitative estimate of drug-likeness (QED) is 0.0556.